The van der Waals surface area contributed by atoms with Gasteiger partial charge in [-0.25, -0.2) is 9.59 Å². The summed E-state index contributed by atoms with van der Waals surface area (Å²) >= 11 is 0. The molecule has 8 heteroatoms. The summed E-state index contributed by atoms with van der Waals surface area (Å²) in [7, 11) is 0. The molecule has 1 unspecified atom stereocenters. The lowest BCUT2D eigenvalue weighted by atomic mass is 9.97. The van der Waals surface area contributed by atoms with Crippen LogP contribution in [0.4, 0.5) is 21.0 Å². The number of nitrogens with zero attached hydrogens (tertiary/aromatic N) is 1. The number of amides is 5. The fraction of sp³-hybridized carbons (Fsp3) is 0.571. The second-order valence-corrected chi connectivity index (χ2v) is 8.23. The molecule has 0 radical (unpaired) electrons. The fourth-order valence-electron chi connectivity index (χ4n) is 3.36. The predicted octanol–water partition coefficient (Wildman–Crippen LogP) is 2.99. The third-order valence-corrected chi connectivity index (χ3v) is 5.16. The van der Waals surface area contributed by atoms with Crippen molar-refractivity contribution in [1.29, 1.82) is 0 Å². The molecule has 1 aromatic carbocycles. The Morgan fingerprint density at radius 2 is 1.69 bits per heavy atom. The van der Waals surface area contributed by atoms with Crippen molar-refractivity contribution in [3.05, 3.63) is 24.3 Å². The number of hydrogen-bond donors (Lipinski definition) is 4. The standard InChI is InChI=1S/C21H31N5O3/c1-14(2)23-20(28)24-17-7-9-18(10-8-17)25-21(29)26-11-3-4-16(13-26)19(27)22-12-15-5-6-15/h7-10,14-16H,3-6,11-13H2,1-2H3,(H,22,27)(H,25,29)(H2,23,24,28). The highest BCUT2D eigenvalue weighted by Gasteiger charge is 2.30. The van der Waals surface area contributed by atoms with Gasteiger partial charge in [-0.1, -0.05) is 0 Å². The van der Waals surface area contributed by atoms with Crippen molar-refractivity contribution in [2.24, 2.45) is 11.8 Å². The van der Waals surface area contributed by atoms with Gasteiger partial charge in [0.15, 0.2) is 0 Å². The number of nitrogens with one attached hydrogen (secondary N) is 4. The first kappa shape index (κ1) is 21.0. The maximum atomic E-state index is 12.6. The van der Waals surface area contributed by atoms with Crippen LogP contribution in [-0.2, 0) is 4.79 Å². The van der Waals surface area contributed by atoms with E-state index in [2.05, 4.69) is 21.3 Å². The number of carbonyl (C=O) groups is 3. The Balaban J connectivity index is 1.47. The highest BCUT2D eigenvalue weighted by atomic mass is 16.2. The number of piperidine rings is 1. The second kappa shape index (κ2) is 9.62. The van der Waals surface area contributed by atoms with Crippen LogP contribution in [-0.4, -0.2) is 48.5 Å². The summed E-state index contributed by atoms with van der Waals surface area (Å²) < 4.78 is 0. The van der Waals surface area contributed by atoms with Gasteiger partial charge in [0.05, 0.1) is 5.92 Å². The molecule has 0 aromatic heterocycles. The minimum absolute atomic E-state index is 0.0534. The number of anilines is 2. The maximum Gasteiger partial charge on any atom is 0.321 e. The van der Waals surface area contributed by atoms with Crippen LogP contribution in [0, 0.1) is 11.8 Å². The molecule has 5 amide bonds. The molecule has 1 saturated carbocycles. The number of urea groups is 2. The van der Waals surface area contributed by atoms with E-state index in [0.717, 1.165) is 19.4 Å². The third-order valence-electron chi connectivity index (χ3n) is 5.16. The molecule has 4 N–H and O–H groups in total. The maximum absolute atomic E-state index is 12.6. The van der Waals surface area contributed by atoms with Crippen molar-refractivity contribution >= 4 is 29.3 Å². The smallest absolute Gasteiger partial charge is 0.321 e. The van der Waals surface area contributed by atoms with E-state index in [4.69, 9.17) is 0 Å². The Labute approximate surface area is 171 Å². The molecular weight excluding hydrogens is 370 g/mol. The summed E-state index contributed by atoms with van der Waals surface area (Å²) in [6, 6.07) is 6.54. The highest BCUT2D eigenvalue weighted by Crippen LogP contribution is 2.28. The van der Waals surface area contributed by atoms with Gasteiger partial charge >= 0.3 is 12.1 Å². The van der Waals surface area contributed by atoms with Crippen LogP contribution in [0.2, 0.25) is 0 Å². The molecule has 1 aliphatic carbocycles. The van der Waals surface area contributed by atoms with Crippen LogP contribution in [0.5, 0.6) is 0 Å². The highest BCUT2D eigenvalue weighted by molar-refractivity contribution is 5.92. The fourth-order valence-corrected chi connectivity index (χ4v) is 3.36. The molecule has 1 saturated heterocycles. The topological polar surface area (TPSA) is 103 Å². The zero-order valence-electron chi connectivity index (χ0n) is 17.2. The summed E-state index contributed by atoms with van der Waals surface area (Å²) in [6.45, 7) is 5.63. The van der Waals surface area contributed by atoms with Crippen molar-refractivity contribution in [2.45, 2.75) is 45.6 Å². The molecule has 158 valence electrons. The van der Waals surface area contributed by atoms with Crippen LogP contribution < -0.4 is 21.3 Å². The van der Waals surface area contributed by atoms with E-state index in [0.29, 0.717) is 30.4 Å². The van der Waals surface area contributed by atoms with E-state index in [-0.39, 0.29) is 29.9 Å². The van der Waals surface area contributed by atoms with Gasteiger partial charge in [0.25, 0.3) is 0 Å². The predicted molar refractivity (Wildman–Crippen MR) is 113 cm³/mol. The van der Waals surface area contributed by atoms with Gasteiger partial charge in [0.2, 0.25) is 5.91 Å². The van der Waals surface area contributed by atoms with E-state index >= 15 is 0 Å². The second-order valence-electron chi connectivity index (χ2n) is 8.23. The number of carbonyl (C=O) groups excluding carboxylic acids is 3. The molecule has 1 aromatic rings. The van der Waals surface area contributed by atoms with Crippen molar-refractivity contribution in [1.82, 2.24) is 15.5 Å². The molecule has 29 heavy (non-hydrogen) atoms. The van der Waals surface area contributed by atoms with E-state index in [1.165, 1.54) is 12.8 Å². The summed E-state index contributed by atoms with van der Waals surface area (Å²) in [5.41, 5.74) is 1.29. The SMILES string of the molecule is CC(C)NC(=O)Nc1ccc(NC(=O)N2CCCC(C(=O)NCC3CC3)C2)cc1. The molecular formula is C21H31N5O3. The first-order valence-corrected chi connectivity index (χ1v) is 10.4. The van der Waals surface area contributed by atoms with Crippen LogP contribution in [0.15, 0.2) is 24.3 Å². The lowest BCUT2D eigenvalue weighted by Gasteiger charge is -2.32. The quantitative estimate of drug-likeness (QED) is 0.589. The van der Waals surface area contributed by atoms with Gasteiger partial charge in [-0.15, -0.1) is 0 Å². The average molecular weight is 402 g/mol. The Kier molecular flexibility index (Phi) is 6.95. The van der Waals surface area contributed by atoms with Crippen LogP contribution in [0.1, 0.15) is 39.5 Å². The van der Waals surface area contributed by atoms with Crippen molar-refractivity contribution in [2.75, 3.05) is 30.3 Å². The molecule has 8 nitrogen and oxygen atoms in total. The van der Waals surface area contributed by atoms with Crippen LogP contribution in [0.25, 0.3) is 0 Å². The van der Waals surface area contributed by atoms with Gasteiger partial charge < -0.3 is 26.2 Å². The lowest BCUT2D eigenvalue weighted by molar-refractivity contribution is -0.126. The Morgan fingerprint density at radius 3 is 2.31 bits per heavy atom. The zero-order valence-corrected chi connectivity index (χ0v) is 17.2. The van der Waals surface area contributed by atoms with Crippen molar-refractivity contribution < 1.29 is 14.4 Å². The summed E-state index contributed by atoms with van der Waals surface area (Å²) in [5.74, 6) is 0.569. The van der Waals surface area contributed by atoms with Gasteiger partial charge in [-0.2, -0.15) is 0 Å². The Morgan fingerprint density at radius 1 is 1.03 bits per heavy atom. The van der Waals surface area contributed by atoms with E-state index < -0.39 is 0 Å². The molecule has 2 aliphatic rings. The number of hydrogen-bond acceptors (Lipinski definition) is 3. The van der Waals surface area contributed by atoms with E-state index in [1.807, 2.05) is 13.8 Å². The van der Waals surface area contributed by atoms with Gasteiger partial charge in [0.1, 0.15) is 0 Å². The summed E-state index contributed by atoms with van der Waals surface area (Å²) in [4.78, 5) is 38.4. The first-order chi connectivity index (χ1) is 13.9. The van der Waals surface area contributed by atoms with Gasteiger partial charge in [-0.05, 0) is 69.7 Å². The van der Waals surface area contributed by atoms with Crippen molar-refractivity contribution in [3.8, 4) is 0 Å². The Hall–Kier alpha value is -2.77. The molecule has 1 aliphatic heterocycles. The Bertz CT molecular complexity index is 730. The molecule has 2 fully saturated rings. The monoisotopic (exact) mass is 401 g/mol. The number of rotatable bonds is 6. The van der Waals surface area contributed by atoms with Gasteiger partial charge in [-0.3, -0.25) is 4.79 Å². The minimum Gasteiger partial charge on any atom is -0.356 e. The normalized spacial score (nSPS) is 18.9. The van der Waals surface area contributed by atoms with E-state index in [9.17, 15) is 14.4 Å². The zero-order chi connectivity index (χ0) is 20.8. The van der Waals surface area contributed by atoms with E-state index in [1.54, 1.807) is 29.2 Å². The summed E-state index contributed by atoms with van der Waals surface area (Å²) in [6.07, 6.45) is 4.05. The lowest BCUT2D eigenvalue weighted by Crippen LogP contribution is -2.47. The van der Waals surface area contributed by atoms with Crippen molar-refractivity contribution in [3.63, 3.8) is 0 Å². The van der Waals surface area contributed by atoms with Gasteiger partial charge in [0, 0.05) is 37.1 Å². The average Bonchev–Trinajstić information content (AvgIpc) is 3.51. The number of benzene rings is 1. The molecule has 0 bridgehead atoms. The van der Waals surface area contributed by atoms with Crippen LogP contribution in [0.3, 0.4) is 0 Å². The molecule has 1 atom stereocenters. The summed E-state index contributed by atoms with van der Waals surface area (Å²) in [5, 5.41) is 11.4. The molecule has 0 spiro atoms. The van der Waals surface area contributed by atoms with Crippen LogP contribution >= 0.6 is 0 Å². The molecule has 1 heterocycles. The largest absolute Gasteiger partial charge is 0.356 e. The third kappa shape index (κ3) is 6.66. The minimum atomic E-state index is -0.267. The molecule has 3 rings (SSSR count). The first-order valence-electron chi connectivity index (χ1n) is 10.4. The number of likely N-dealkylation sites (tertiary alicyclic amines) is 1.